The van der Waals surface area contributed by atoms with Crippen LogP contribution in [-0.2, 0) is 14.3 Å². The van der Waals surface area contributed by atoms with Gasteiger partial charge in [0.05, 0.1) is 25.2 Å². The number of nitrogens with one attached hydrogen (secondary N) is 1. The molecule has 0 aromatic carbocycles. The van der Waals surface area contributed by atoms with Crippen molar-refractivity contribution < 1.29 is 24.5 Å². The van der Waals surface area contributed by atoms with Crippen molar-refractivity contribution in [2.24, 2.45) is 0 Å². The molecule has 0 bridgehead atoms. The van der Waals surface area contributed by atoms with E-state index in [0.29, 0.717) is 19.3 Å². The van der Waals surface area contributed by atoms with Crippen LogP contribution in [0.15, 0.2) is 0 Å². The molecule has 53 heavy (non-hydrogen) atoms. The van der Waals surface area contributed by atoms with Crippen LogP contribution in [0, 0.1) is 0 Å². The Hall–Kier alpha value is -1.14. The second-order valence-corrected chi connectivity index (χ2v) is 16.5. The minimum absolute atomic E-state index is 0.0867. The third-order valence-corrected chi connectivity index (χ3v) is 11.2. The Kier molecular flexibility index (Phi) is 41.1. The zero-order valence-electron chi connectivity index (χ0n) is 35.9. The molecule has 3 atom stereocenters. The largest absolute Gasteiger partial charge is 0.462 e. The normalized spacial score (nSPS) is 13.2. The van der Waals surface area contributed by atoms with Gasteiger partial charge in [-0.1, -0.05) is 226 Å². The van der Waals surface area contributed by atoms with E-state index in [1.807, 2.05) is 0 Å². The molecule has 3 N–H and O–H groups in total. The molecule has 0 heterocycles. The van der Waals surface area contributed by atoms with Crippen molar-refractivity contribution in [3.63, 3.8) is 0 Å². The van der Waals surface area contributed by atoms with Crippen molar-refractivity contribution in [2.75, 3.05) is 6.61 Å². The molecule has 3 unspecified atom stereocenters. The Balaban J connectivity index is 4.49. The van der Waals surface area contributed by atoms with E-state index in [1.54, 1.807) is 0 Å². The summed E-state index contributed by atoms with van der Waals surface area (Å²) in [5, 5.41) is 23.7. The Bertz CT molecular complexity index is 761. The highest BCUT2D eigenvalue weighted by Gasteiger charge is 2.24. The summed E-state index contributed by atoms with van der Waals surface area (Å²) < 4.78 is 5.90. The summed E-state index contributed by atoms with van der Waals surface area (Å²) in [4.78, 5) is 25.9. The predicted molar refractivity (Wildman–Crippen MR) is 227 cm³/mol. The summed E-state index contributed by atoms with van der Waals surface area (Å²) >= 11 is 0. The zero-order chi connectivity index (χ0) is 38.9. The van der Waals surface area contributed by atoms with Gasteiger partial charge in [-0.3, -0.25) is 9.59 Å². The van der Waals surface area contributed by atoms with Crippen LogP contribution < -0.4 is 5.32 Å². The molecule has 0 aliphatic carbocycles. The number of amides is 1. The van der Waals surface area contributed by atoms with E-state index in [4.69, 9.17) is 4.74 Å². The summed E-state index contributed by atoms with van der Waals surface area (Å²) in [6.07, 6.45) is 43.0. The lowest BCUT2D eigenvalue weighted by Gasteiger charge is -2.24. The predicted octanol–water partition coefficient (Wildman–Crippen LogP) is 13.6. The van der Waals surface area contributed by atoms with Crippen LogP contribution in [0.3, 0.4) is 0 Å². The first-order valence-corrected chi connectivity index (χ1v) is 23.8. The summed E-state index contributed by atoms with van der Waals surface area (Å²) in [6.45, 7) is 6.48. The molecule has 0 saturated heterocycles. The number of hydrogen-bond donors (Lipinski definition) is 3. The molecule has 0 radical (unpaired) electrons. The molecule has 0 saturated carbocycles. The minimum atomic E-state index is -0.777. The lowest BCUT2D eigenvalue weighted by Crippen LogP contribution is -2.46. The molecule has 0 aromatic heterocycles. The van der Waals surface area contributed by atoms with Crippen LogP contribution >= 0.6 is 0 Å². The Morgan fingerprint density at radius 2 is 0.792 bits per heavy atom. The van der Waals surface area contributed by atoms with Crippen LogP contribution in [-0.4, -0.2) is 46.9 Å². The quantitative estimate of drug-likeness (QED) is 0.0426. The first-order valence-electron chi connectivity index (χ1n) is 23.8. The fourth-order valence-electron chi connectivity index (χ4n) is 7.55. The molecule has 316 valence electrons. The second kappa shape index (κ2) is 42.0. The van der Waals surface area contributed by atoms with Crippen molar-refractivity contribution in [3.8, 4) is 0 Å². The Morgan fingerprint density at radius 3 is 1.15 bits per heavy atom. The first kappa shape index (κ1) is 51.9. The van der Waals surface area contributed by atoms with Gasteiger partial charge in [0.2, 0.25) is 5.91 Å². The second-order valence-electron chi connectivity index (χ2n) is 16.5. The first-order chi connectivity index (χ1) is 26.0. The number of carbonyl (C=O) groups excluding carboxylic acids is 2. The zero-order valence-corrected chi connectivity index (χ0v) is 35.9. The molecule has 1 amide bonds. The maximum Gasteiger partial charge on any atom is 0.306 e. The van der Waals surface area contributed by atoms with Crippen molar-refractivity contribution in [1.29, 1.82) is 0 Å². The van der Waals surface area contributed by atoms with Gasteiger partial charge in [0.1, 0.15) is 6.10 Å². The van der Waals surface area contributed by atoms with Gasteiger partial charge in [-0.15, -0.1) is 0 Å². The van der Waals surface area contributed by atoms with Crippen LogP contribution in [0.5, 0.6) is 0 Å². The van der Waals surface area contributed by atoms with Gasteiger partial charge in [-0.2, -0.15) is 0 Å². The number of carbonyl (C=O) groups is 2. The van der Waals surface area contributed by atoms with Crippen LogP contribution in [0.1, 0.15) is 265 Å². The molecular formula is C47H93NO5. The molecule has 0 rings (SSSR count). The SMILES string of the molecule is CCCCCCCCCCCCCCCC(O)C(CO)NC(=O)CC(CCCCCCCCCCCC)OC(=O)CCCCCCCCCCCCC. The van der Waals surface area contributed by atoms with E-state index in [2.05, 4.69) is 26.1 Å². The summed E-state index contributed by atoms with van der Waals surface area (Å²) in [6, 6.07) is -0.690. The van der Waals surface area contributed by atoms with E-state index in [1.165, 1.54) is 173 Å². The summed E-state index contributed by atoms with van der Waals surface area (Å²) in [5.41, 5.74) is 0. The molecule has 0 spiro atoms. The highest BCUT2D eigenvalue weighted by atomic mass is 16.5. The number of hydrogen-bond acceptors (Lipinski definition) is 5. The van der Waals surface area contributed by atoms with Gasteiger partial charge in [-0.25, -0.2) is 0 Å². The van der Waals surface area contributed by atoms with E-state index in [0.717, 1.165) is 44.9 Å². The minimum Gasteiger partial charge on any atom is -0.462 e. The standard InChI is InChI=1S/C47H93NO5/c1-4-7-10-13-16-19-22-23-25-27-30-33-36-39-45(50)44(42-49)48-46(51)41-43(38-35-32-29-26-21-18-15-12-9-6-3)53-47(52)40-37-34-31-28-24-20-17-14-11-8-5-2/h43-45,49-50H,4-42H2,1-3H3,(H,48,51). The van der Waals surface area contributed by atoms with E-state index < -0.39 is 18.2 Å². The number of aliphatic hydroxyl groups is 2. The van der Waals surface area contributed by atoms with Crippen molar-refractivity contribution in [2.45, 2.75) is 283 Å². The third-order valence-electron chi connectivity index (χ3n) is 11.2. The van der Waals surface area contributed by atoms with Crippen molar-refractivity contribution >= 4 is 11.9 Å². The van der Waals surface area contributed by atoms with Crippen molar-refractivity contribution in [3.05, 3.63) is 0 Å². The molecule has 6 nitrogen and oxygen atoms in total. The van der Waals surface area contributed by atoms with Crippen LogP contribution in [0.4, 0.5) is 0 Å². The third kappa shape index (κ3) is 37.6. The molecule has 6 heteroatoms. The molecular weight excluding hydrogens is 659 g/mol. The van der Waals surface area contributed by atoms with Gasteiger partial charge < -0.3 is 20.3 Å². The van der Waals surface area contributed by atoms with Gasteiger partial charge in [0, 0.05) is 6.42 Å². The molecule has 0 aliphatic heterocycles. The highest BCUT2D eigenvalue weighted by Crippen LogP contribution is 2.18. The van der Waals surface area contributed by atoms with E-state index >= 15 is 0 Å². The average molecular weight is 752 g/mol. The van der Waals surface area contributed by atoms with E-state index in [-0.39, 0.29) is 24.9 Å². The summed E-state index contributed by atoms with van der Waals surface area (Å²) in [5.74, 6) is -0.458. The van der Waals surface area contributed by atoms with Crippen LogP contribution in [0.2, 0.25) is 0 Å². The van der Waals surface area contributed by atoms with Gasteiger partial charge in [0.15, 0.2) is 0 Å². The fourth-order valence-corrected chi connectivity index (χ4v) is 7.55. The van der Waals surface area contributed by atoms with Crippen LogP contribution in [0.25, 0.3) is 0 Å². The maximum absolute atomic E-state index is 13.1. The Morgan fingerprint density at radius 1 is 0.472 bits per heavy atom. The number of aliphatic hydroxyl groups excluding tert-OH is 2. The number of ether oxygens (including phenoxy) is 1. The fraction of sp³-hybridized carbons (Fsp3) is 0.957. The smallest absolute Gasteiger partial charge is 0.306 e. The number of rotatable bonds is 43. The van der Waals surface area contributed by atoms with Gasteiger partial charge >= 0.3 is 5.97 Å². The van der Waals surface area contributed by atoms with E-state index in [9.17, 15) is 19.8 Å². The van der Waals surface area contributed by atoms with Crippen molar-refractivity contribution in [1.82, 2.24) is 5.32 Å². The lowest BCUT2D eigenvalue weighted by atomic mass is 10.0. The topological polar surface area (TPSA) is 95.9 Å². The molecule has 0 aromatic rings. The highest BCUT2D eigenvalue weighted by molar-refractivity contribution is 5.77. The maximum atomic E-state index is 13.1. The molecule has 0 fully saturated rings. The van der Waals surface area contributed by atoms with Gasteiger partial charge in [-0.05, 0) is 25.7 Å². The molecule has 0 aliphatic rings. The average Bonchev–Trinajstić information content (AvgIpc) is 3.15. The lowest BCUT2D eigenvalue weighted by molar-refractivity contribution is -0.151. The number of unbranched alkanes of at least 4 members (excludes halogenated alkanes) is 31. The number of esters is 1. The monoisotopic (exact) mass is 752 g/mol. The Labute approximate surface area is 330 Å². The summed E-state index contributed by atoms with van der Waals surface area (Å²) in [7, 11) is 0. The van der Waals surface area contributed by atoms with Gasteiger partial charge in [0.25, 0.3) is 0 Å².